The summed E-state index contributed by atoms with van der Waals surface area (Å²) >= 11 is 0. The molecular weight excluding hydrogens is 416 g/mol. The summed E-state index contributed by atoms with van der Waals surface area (Å²) in [6.07, 6.45) is 0. The minimum atomic E-state index is 0.238. The van der Waals surface area contributed by atoms with Gasteiger partial charge in [0.15, 0.2) is 0 Å². The van der Waals surface area contributed by atoms with Crippen LogP contribution in [0.5, 0.6) is 5.75 Å². The highest BCUT2D eigenvalue weighted by atomic mass is 16.3. The number of aromatic hydroxyl groups is 1. The SMILES string of the molecule is Oc1ccc2c3ccccc3n(/C3=N/c4ccccc4-c4ccccc4-c4ccccc43)c2c1. The molecule has 1 aliphatic heterocycles. The Bertz CT molecular complexity index is 1770. The van der Waals surface area contributed by atoms with Crippen molar-refractivity contribution in [2.45, 2.75) is 0 Å². The van der Waals surface area contributed by atoms with Gasteiger partial charge in [-0.2, -0.15) is 0 Å². The quantitative estimate of drug-likeness (QED) is 0.259. The molecular formula is C31H20N2O. The van der Waals surface area contributed by atoms with Gasteiger partial charge in [0.1, 0.15) is 11.6 Å². The Morgan fingerprint density at radius 2 is 1.06 bits per heavy atom. The number of hydrogen-bond donors (Lipinski definition) is 1. The Balaban J connectivity index is 1.68. The molecule has 34 heavy (non-hydrogen) atoms. The van der Waals surface area contributed by atoms with Gasteiger partial charge in [0.2, 0.25) is 0 Å². The van der Waals surface area contributed by atoms with Gasteiger partial charge >= 0.3 is 0 Å². The number of aliphatic imine (C=N–C) groups is 1. The average Bonchev–Trinajstić information content (AvgIpc) is 3.20. The number of nitrogens with zero attached hydrogens (tertiary/aromatic N) is 2. The first-order valence-corrected chi connectivity index (χ1v) is 11.4. The van der Waals surface area contributed by atoms with Crippen LogP contribution in [0.15, 0.2) is 120 Å². The molecule has 0 amide bonds. The Labute approximate surface area is 196 Å². The van der Waals surface area contributed by atoms with Crippen molar-refractivity contribution in [2.24, 2.45) is 4.99 Å². The second-order valence-electron chi connectivity index (χ2n) is 8.60. The zero-order valence-corrected chi connectivity index (χ0v) is 18.3. The first-order chi connectivity index (χ1) is 16.8. The maximum atomic E-state index is 10.4. The third-order valence-electron chi connectivity index (χ3n) is 6.67. The third kappa shape index (κ3) is 2.67. The zero-order valence-electron chi connectivity index (χ0n) is 18.3. The second kappa shape index (κ2) is 7.19. The number of phenols is 1. The lowest BCUT2D eigenvalue weighted by molar-refractivity contribution is 0.476. The molecule has 3 heteroatoms. The highest BCUT2D eigenvalue weighted by molar-refractivity contribution is 6.20. The van der Waals surface area contributed by atoms with Gasteiger partial charge in [0.25, 0.3) is 0 Å². The molecule has 7 rings (SSSR count). The summed E-state index contributed by atoms with van der Waals surface area (Å²) in [5.74, 6) is 1.08. The van der Waals surface area contributed by atoms with Crippen molar-refractivity contribution in [1.29, 1.82) is 0 Å². The van der Waals surface area contributed by atoms with Crippen molar-refractivity contribution < 1.29 is 5.11 Å². The lowest BCUT2D eigenvalue weighted by Crippen LogP contribution is -2.15. The summed E-state index contributed by atoms with van der Waals surface area (Å²) in [7, 11) is 0. The average molecular weight is 437 g/mol. The topological polar surface area (TPSA) is 37.5 Å². The smallest absolute Gasteiger partial charge is 0.146 e. The van der Waals surface area contributed by atoms with Gasteiger partial charge in [-0.25, -0.2) is 4.99 Å². The molecule has 5 aromatic carbocycles. The van der Waals surface area contributed by atoms with Crippen LogP contribution in [-0.2, 0) is 0 Å². The molecule has 1 aliphatic rings. The summed E-state index contributed by atoms with van der Waals surface area (Å²) in [6, 6.07) is 39.2. The van der Waals surface area contributed by atoms with Crippen molar-refractivity contribution in [3.05, 3.63) is 121 Å². The van der Waals surface area contributed by atoms with E-state index in [0.717, 1.165) is 50.0 Å². The van der Waals surface area contributed by atoms with Gasteiger partial charge in [0.05, 0.1) is 16.7 Å². The van der Waals surface area contributed by atoms with Crippen LogP contribution in [0, 0.1) is 0 Å². The van der Waals surface area contributed by atoms with Crippen LogP contribution < -0.4 is 0 Å². The van der Waals surface area contributed by atoms with Crippen LogP contribution >= 0.6 is 0 Å². The van der Waals surface area contributed by atoms with Crippen LogP contribution in [0.1, 0.15) is 5.56 Å². The van der Waals surface area contributed by atoms with E-state index in [0.29, 0.717) is 0 Å². The molecule has 6 aromatic rings. The van der Waals surface area contributed by atoms with Crippen LogP contribution in [0.2, 0.25) is 0 Å². The molecule has 2 heterocycles. The Morgan fingerprint density at radius 3 is 1.85 bits per heavy atom. The van der Waals surface area contributed by atoms with E-state index < -0.39 is 0 Å². The summed E-state index contributed by atoms with van der Waals surface area (Å²) in [4.78, 5) is 5.31. The molecule has 0 atom stereocenters. The molecule has 0 radical (unpaired) electrons. The number of rotatable bonds is 0. The van der Waals surface area contributed by atoms with Gasteiger partial charge in [0, 0.05) is 28.0 Å². The summed E-state index contributed by atoms with van der Waals surface area (Å²) in [5, 5.41) is 12.6. The van der Waals surface area contributed by atoms with E-state index >= 15 is 0 Å². The van der Waals surface area contributed by atoms with Crippen LogP contribution in [-0.4, -0.2) is 15.5 Å². The fourth-order valence-electron chi connectivity index (χ4n) is 5.20. The highest BCUT2D eigenvalue weighted by Gasteiger charge is 2.23. The van der Waals surface area contributed by atoms with E-state index in [1.165, 1.54) is 11.1 Å². The van der Waals surface area contributed by atoms with Crippen LogP contribution in [0.3, 0.4) is 0 Å². The van der Waals surface area contributed by atoms with E-state index in [9.17, 15) is 5.11 Å². The molecule has 0 bridgehead atoms. The number of phenolic OH excluding ortho intramolecular Hbond substituents is 1. The standard InChI is InChI=1S/C31H20N2O/c34-20-17-18-26-25-13-6-8-16-29(25)33(30(26)19-20)31-27-14-4-3-11-23(27)21-9-1-2-10-22(21)24-12-5-7-15-28(24)32-31/h1-19,34H/b23-21?,24-22?,31-27?,32-28?,32-31+. The van der Waals surface area contributed by atoms with Gasteiger partial charge in [-0.3, -0.25) is 4.57 Å². The molecule has 0 spiro atoms. The monoisotopic (exact) mass is 436 g/mol. The molecule has 0 unspecified atom stereocenters. The van der Waals surface area contributed by atoms with Gasteiger partial charge < -0.3 is 5.11 Å². The Morgan fingerprint density at radius 1 is 0.500 bits per heavy atom. The van der Waals surface area contributed by atoms with Crippen molar-refractivity contribution in [2.75, 3.05) is 0 Å². The maximum absolute atomic E-state index is 10.4. The lowest BCUT2D eigenvalue weighted by Gasteiger charge is -2.21. The maximum Gasteiger partial charge on any atom is 0.146 e. The summed E-state index contributed by atoms with van der Waals surface area (Å²) < 4.78 is 2.19. The van der Waals surface area contributed by atoms with E-state index in [-0.39, 0.29) is 5.75 Å². The van der Waals surface area contributed by atoms with E-state index in [2.05, 4.69) is 95.6 Å². The molecule has 1 aromatic heterocycles. The van der Waals surface area contributed by atoms with E-state index in [4.69, 9.17) is 4.99 Å². The fourth-order valence-corrected chi connectivity index (χ4v) is 5.20. The first-order valence-electron chi connectivity index (χ1n) is 11.4. The molecule has 1 N–H and O–H groups in total. The third-order valence-corrected chi connectivity index (χ3v) is 6.67. The van der Waals surface area contributed by atoms with Gasteiger partial charge in [-0.1, -0.05) is 84.9 Å². The molecule has 160 valence electrons. The Kier molecular flexibility index (Phi) is 4.00. The summed E-state index contributed by atoms with van der Waals surface area (Å²) in [5.41, 5.74) is 8.56. The van der Waals surface area contributed by atoms with Crippen LogP contribution in [0.25, 0.3) is 44.1 Å². The number of benzene rings is 5. The molecule has 0 saturated heterocycles. The minimum absolute atomic E-state index is 0.238. The number of hydrogen-bond acceptors (Lipinski definition) is 2. The lowest BCUT2D eigenvalue weighted by atomic mass is 9.89. The van der Waals surface area contributed by atoms with Gasteiger partial charge in [-0.15, -0.1) is 0 Å². The van der Waals surface area contributed by atoms with Gasteiger partial charge in [-0.05, 0) is 41.0 Å². The number of fused-ring (bicyclic) bond motifs is 8. The van der Waals surface area contributed by atoms with Crippen molar-refractivity contribution in [3.8, 4) is 28.0 Å². The normalized spacial score (nSPS) is 13.9. The number of para-hydroxylation sites is 2. The summed E-state index contributed by atoms with van der Waals surface area (Å²) in [6.45, 7) is 0. The van der Waals surface area contributed by atoms with Crippen molar-refractivity contribution in [3.63, 3.8) is 0 Å². The Hall–Kier alpha value is -4.63. The zero-order chi connectivity index (χ0) is 22.6. The van der Waals surface area contributed by atoms with Crippen LogP contribution in [0.4, 0.5) is 5.69 Å². The number of aromatic nitrogens is 1. The predicted octanol–water partition coefficient (Wildman–Crippen LogP) is 7.77. The largest absolute Gasteiger partial charge is 0.508 e. The van der Waals surface area contributed by atoms with Crippen molar-refractivity contribution >= 4 is 33.3 Å². The molecule has 0 fully saturated rings. The fraction of sp³-hybridized carbons (Fsp3) is 0. The minimum Gasteiger partial charge on any atom is -0.508 e. The first kappa shape index (κ1) is 18.9. The second-order valence-corrected chi connectivity index (χ2v) is 8.60. The highest BCUT2D eigenvalue weighted by Crippen LogP contribution is 2.42. The molecule has 0 aliphatic carbocycles. The van der Waals surface area contributed by atoms with E-state index in [1.54, 1.807) is 6.07 Å². The van der Waals surface area contributed by atoms with E-state index in [1.807, 2.05) is 18.2 Å². The predicted molar refractivity (Wildman–Crippen MR) is 140 cm³/mol. The van der Waals surface area contributed by atoms with Crippen molar-refractivity contribution in [1.82, 2.24) is 4.57 Å². The molecule has 0 saturated carbocycles. The molecule has 3 nitrogen and oxygen atoms in total.